The number of nitrogens with two attached hydrogens (primary N) is 1. The highest BCUT2D eigenvalue weighted by atomic mass is 16.2. The largest absolute Gasteiger partial charge is 0.399 e. The summed E-state index contributed by atoms with van der Waals surface area (Å²) in [7, 11) is 0. The van der Waals surface area contributed by atoms with Gasteiger partial charge in [0.1, 0.15) is 5.82 Å². The van der Waals surface area contributed by atoms with Crippen LogP contribution in [0.4, 0.5) is 5.69 Å². The second-order valence-corrected chi connectivity index (χ2v) is 6.02. The van der Waals surface area contributed by atoms with Gasteiger partial charge in [-0.25, -0.2) is 4.98 Å². The number of rotatable bonds is 4. The molecule has 0 unspecified atom stereocenters. The van der Waals surface area contributed by atoms with E-state index in [4.69, 9.17) is 15.8 Å². The lowest BCUT2D eigenvalue weighted by Crippen LogP contribution is -2.19. The number of aliphatic hydroxyl groups excluding tert-OH is 1. The number of hydrogen-bond donors (Lipinski definition) is 2. The van der Waals surface area contributed by atoms with Crippen molar-refractivity contribution in [1.82, 2.24) is 9.55 Å². The first-order valence-electron chi connectivity index (χ1n) is 6.80. The predicted molar refractivity (Wildman–Crippen MR) is 79.2 cm³/mol. The number of hydrogen-bond acceptors (Lipinski definition) is 3. The van der Waals surface area contributed by atoms with Crippen LogP contribution < -0.4 is 5.73 Å². The number of imidazole rings is 1. The van der Waals surface area contributed by atoms with E-state index in [1.165, 1.54) is 0 Å². The van der Waals surface area contributed by atoms with Crippen LogP contribution in [0.5, 0.6) is 0 Å². The molecule has 0 radical (unpaired) electrons. The van der Waals surface area contributed by atoms with E-state index in [0.29, 0.717) is 0 Å². The zero-order valence-electron chi connectivity index (χ0n) is 12.0. The molecule has 104 valence electrons. The Kier molecular flexibility index (Phi) is 3.80. The van der Waals surface area contributed by atoms with E-state index in [9.17, 15) is 0 Å². The van der Waals surface area contributed by atoms with Gasteiger partial charge >= 0.3 is 0 Å². The molecule has 4 heteroatoms. The van der Waals surface area contributed by atoms with Crippen molar-refractivity contribution in [2.45, 2.75) is 45.6 Å². The number of fused-ring (bicyclic) bond motifs is 1. The molecule has 0 aliphatic carbocycles. The first kappa shape index (κ1) is 13.9. The van der Waals surface area contributed by atoms with Crippen LogP contribution in [0.25, 0.3) is 11.0 Å². The molecule has 0 aliphatic rings. The first-order chi connectivity index (χ1) is 8.93. The minimum Gasteiger partial charge on any atom is -0.399 e. The monoisotopic (exact) mass is 261 g/mol. The molecule has 1 heterocycles. The van der Waals surface area contributed by atoms with Crippen LogP contribution in [0, 0.1) is 0 Å². The van der Waals surface area contributed by atoms with Gasteiger partial charge in [0.15, 0.2) is 0 Å². The second kappa shape index (κ2) is 5.21. The second-order valence-electron chi connectivity index (χ2n) is 6.02. The van der Waals surface area contributed by atoms with Gasteiger partial charge in [0, 0.05) is 24.3 Å². The summed E-state index contributed by atoms with van der Waals surface area (Å²) >= 11 is 0. The highest BCUT2D eigenvalue weighted by molar-refractivity contribution is 5.79. The maximum absolute atomic E-state index is 8.93. The van der Waals surface area contributed by atoms with E-state index in [2.05, 4.69) is 25.3 Å². The first-order valence-corrected chi connectivity index (χ1v) is 6.80. The lowest BCUT2D eigenvalue weighted by Gasteiger charge is -2.20. The Labute approximate surface area is 114 Å². The number of anilines is 1. The molecule has 0 saturated carbocycles. The van der Waals surface area contributed by atoms with Gasteiger partial charge in [-0.15, -0.1) is 0 Å². The molecule has 2 aromatic rings. The Morgan fingerprint density at radius 2 is 2.00 bits per heavy atom. The Morgan fingerprint density at radius 3 is 2.63 bits per heavy atom. The summed E-state index contributed by atoms with van der Waals surface area (Å²) in [6, 6.07) is 5.87. The van der Waals surface area contributed by atoms with Gasteiger partial charge in [0.05, 0.1) is 11.0 Å². The average Bonchev–Trinajstić information content (AvgIpc) is 2.67. The normalized spacial score (nSPS) is 12.2. The van der Waals surface area contributed by atoms with Crippen LogP contribution >= 0.6 is 0 Å². The molecule has 0 fully saturated rings. The van der Waals surface area contributed by atoms with E-state index in [1.807, 2.05) is 18.2 Å². The maximum Gasteiger partial charge on any atom is 0.115 e. The molecule has 19 heavy (non-hydrogen) atoms. The van der Waals surface area contributed by atoms with Crippen LogP contribution in [0.3, 0.4) is 0 Å². The summed E-state index contributed by atoms with van der Waals surface area (Å²) in [5.41, 5.74) is 8.64. The van der Waals surface area contributed by atoms with E-state index < -0.39 is 0 Å². The molecule has 0 spiro atoms. The van der Waals surface area contributed by atoms with Gasteiger partial charge in [-0.3, -0.25) is 0 Å². The number of nitrogen functional groups attached to an aromatic ring is 1. The van der Waals surface area contributed by atoms with Crippen LogP contribution in [-0.2, 0) is 12.0 Å². The lowest BCUT2D eigenvalue weighted by atomic mass is 9.95. The summed E-state index contributed by atoms with van der Waals surface area (Å²) in [5, 5.41) is 8.93. The average molecular weight is 261 g/mol. The van der Waals surface area contributed by atoms with Gasteiger partial charge in [-0.05, 0) is 31.0 Å². The molecule has 1 aromatic carbocycles. The predicted octanol–water partition coefficient (Wildman–Crippen LogP) is 2.69. The van der Waals surface area contributed by atoms with Crippen LogP contribution in [0.1, 0.15) is 39.4 Å². The minimum atomic E-state index is -0.00695. The Hall–Kier alpha value is -1.55. The molecule has 2 rings (SSSR count). The van der Waals surface area contributed by atoms with E-state index in [1.54, 1.807) is 0 Å². The zero-order valence-corrected chi connectivity index (χ0v) is 12.0. The molecule has 0 amide bonds. The van der Waals surface area contributed by atoms with E-state index >= 15 is 0 Å². The van der Waals surface area contributed by atoms with Crippen molar-refractivity contribution in [3.8, 4) is 0 Å². The SMILES string of the molecule is CC(C)(C)c1nc2cc(N)ccc2n1CCCCO. The van der Waals surface area contributed by atoms with Crippen molar-refractivity contribution >= 4 is 16.7 Å². The summed E-state index contributed by atoms with van der Waals surface area (Å²) in [5.74, 6) is 1.08. The van der Waals surface area contributed by atoms with E-state index in [0.717, 1.165) is 41.9 Å². The Morgan fingerprint density at radius 1 is 1.26 bits per heavy atom. The summed E-state index contributed by atoms with van der Waals surface area (Å²) in [6.07, 6.45) is 1.77. The molecular weight excluding hydrogens is 238 g/mol. The standard InChI is InChI=1S/C15H23N3O/c1-15(2,3)14-17-12-10-11(16)6-7-13(12)18(14)8-4-5-9-19/h6-7,10,19H,4-5,8-9,16H2,1-3H3. The summed E-state index contributed by atoms with van der Waals surface area (Å²) < 4.78 is 2.25. The van der Waals surface area contributed by atoms with Crippen LogP contribution in [-0.4, -0.2) is 21.3 Å². The molecule has 0 aliphatic heterocycles. The van der Waals surface area contributed by atoms with Crippen molar-refractivity contribution < 1.29 is 5.11 Å². The number of nitrogens with zero attached hydrogens (tertiary/aromatic N) is 2. The van der Waals surface area contributed by atoms with Gasteiger partial charge < -0.3 is 15.4 Å². The summed E-state index contributed by atoms with van der Waals surface area (Å²) in [6.45, 7) is 7.62. The van der Waals surface area contributed by atoms with Gasteiger partial charge in [-0.2, -0.15) is 0 Å². The third-order valence-corrected chi connectivity index (χ3v) is 3.23. The number of unbranched alkanes of at least 4 members (excludes halogenated alkanes) is 1. The van der Waals surface area contributed by atoms with Crippen molar-refractivity contribution in [3.05, 3.63) is 24.0 Å². The molecule has 4 nitrogen and oxygen atoms in total. The van der Waals surface area contributed by atoms with E-state index in [-0.39, 0.29) is 12.0 Å². The molecule has 0 saturated heterocycles. The fourth-order valence-corrected chi connectivity index (χ4v) is 2.33. The summed E-state index contributed by atoms with van der Waals surface area (Å²) in [4.78, 5) is 4.74. The highest BCUT2D eigenvalue weighted by Crippen LogP contribution is 2.27. The molecule has 3 N–H and O–H groups in total. The van der Waals surface area contributed by atoms with Crippen molar-refractivity contribution in [2.75, 3.05) is 12.3 Å². The molecule has 0 atom stereocenters. The minimum absolute atomic E-state index is 0.00695. The number of aromatic nitrogens is 2. The molecular formula is C15H23N3O. The third-order valence-electron chi connectivity index (χ3n) is 3.23. The van der Waals surface area contributed by atoms with Gasteiger partial charge in [0.25, 0.3) is 0 Å². The third kappa shape index (κ3) is 2.89. The zero-order chi connectivity index (χ0) is 14.0. The van der Waals surface area contributed by atoms with Crippen molar-refractivity contribution in [2.24, 2.45) is 0 Å². The quantitative estimate of drug-likeness (QED) is 0.657. The smallest absolute Gasteiger partial charge is 0.115 e. The van der Waals surface area contributed by atoms with Crippen molar-refractivity contribution in [1.29, 1.82) is 0 Å². The molecule has 0 bridgehead atoms. The molecule has 1 aromatic heterocycles. The fourth-order valence-electron chi connectivity index (χ4n) is 2.33. The number of aryl methyl sites for hydroxylation is 1. The Bertz CT molecular complexity index is 567. The van der Waals surface area contributed by atoms with Gasteiger partial charge in [0.2, 0.25) is 0 Å². The van der Waals surface area contributed by atoms with Crippen LogP contribution in [0.15, 0.2) is 18.2 Å². The van der Waals surface area contributed by atoms with Crippen LogP contribution in [0.2, 0.25) is 0 Å². The number of benzene rings is 1. The van der Waals surface area contributed by atoms with Gasteiger partial charge in [-0.1, -0.05) is 20.8 Å². The maximum atomic E-state index is 8.93. The Balaban J connectivity index is 2.49. The topological polar surface area (TPSA) is 64.1 Å². The highest BCUT2D eigenvalue weighted by Gasteiger charge is 2.22. The van der Waals surface area contributed by atoms with Crippen molar-refractivity contribution in [3.63, 3.8) is 0 Å². The lowest BCUT2D eigenvalue weighted by molar-refractivity contribution is 0.281. The fraction of sp³-hybridized carbons (Fsp3) is 0.533. The number of aliphatic hydroxyl groups is 1.